The van der Waals surface area contributed by atoms with Crippen molar-refractivity contribution >= 4 is 0 Å². The van der Waals surface area contributed by atoms with Gasteiger partial charge in [-0.25, -0.2) is 0 Å². The van der Waals surface area contributed by atoms with Crippen LogP contribution in [0.1, 0.15) is 53.9 Å². The monoisotopic (exact) mass is 171 g/mol. The van der Waals surface area contributed by atoms with E-state index in [0.717, 1.165) is 12.3 Å². The summed E-state index contributed by atoms with van der Waals surface area (Å²) < 4.78 is 0. The van der Waals surface area contributed by atoms with Gasteiger partial charge < -0.3 is 5.73 Å². The Labute approximate surface area is 77.7 Å². The highest BCUT2D eigenvalue weighted by molar-refractivity contribution is 4.73. The lowest BCUT2D eigenvalue weighted by Gasteiger charge is -2.27. The molecule has 0 aromatic carbocycles. The molecule has 0 aliphatic heterocycles. The van der Waals surface area contributed by atoms with Crippen molar-refractivity contribution in [2.75, 3.05) is 0 Å². The standard InChI is InChI=1S/C11H25N/c1-9(2)6-7-11(4,5)8-10(3)12/h9-10H,6-8,12H2,1-5H3. The molecule has 0 radical (unpaired) electrons. The van der Waals surface area contributed by atoms with Gasteiger partial charge in [-0.1, -0.05) is 34.1 Å². The highest BCUT2D eigenvalue weighted by Crippen LogP contribution is 2.29. The maximum atomic E-state index is 5.78. The van der Waals surface area contributed by atoms with Gasteiger partial charge in [0.1, 0.15) is 0 Å². The summed E-state index contributed by atoms with van der Waals surface area (Å²) in [6.07, 6.45) is 3.76. The molecule has 1 atom stereocenters. The first-order valence-electron chi connectivity index (χ1n) is 5.09. The van der Waals surface area contributed by atoms with Gasteiger partial charge in [0.25, 0.3) is 0 Å². The Balaban J connectivity index is 3.71. The molecule has 1 nitrogen and oxygen atoms in total. The van der Waals surface area contributed by atoms with Gasteiger partial charge in [0, 0.05) is 6.04 Å². The van der Waals surface area contributed by atoms with Crippen molar-refractivity contribution in [3.05, 3.63) is 0 Å². The van der Waals surface area contributed by atoms with E-state index in [1.807, 2.05) is 0 Å². The fourth-order valence-electron chi connectivity index (χ4n) is 1.65. The summed E-state index contributed by atoms with van der Waals surface area (Å²) in [5, 5.41) is 0. The minimum absolute atomic E-state index is 0.340. The molecular formula is C11H25N. The minimum Gasteiger partial charge on any atom is -0.328 e. The van der Waals surface area contributed by atoms with Gasteiger partial charge in [-0.3, -0.25) is 0 Å². The summed E-state index contributed by atoms with van der Waals surface area (Å²) in [4.78, 5) is 0. The summed E-state index contributed by atoms with van der Waals surface area (Å²) >= 11 is 0. The third kappa shape index (κ3) is 6.66. The van der Waals surface area contributed by atoms with Gasteiger partial charge in [-0.05, 0) is 31.1 Å². The molecule has 1 unspecified atom stereocenters. The molecule has 2 N–H and O–H groups in total. The van der Waals surface area contributed by atoms with Crippen LogP contribution in [0.3, 0.4) is 0 Å². The average Bonchev–Trinajstić information content (AvgIpc) is 1.81. The van der Waals surface area contributed by atoms with E-state index in [1.165, 1.54) is 12.8 Å². The van der Waals surface area contributed by atoms with Crippen LogP contribution in [-0.4, -0.2) is 6.04 Å². The van der Waals surface area contributed by atoms with Crippen LogP contribution in [0.25, 0.3) is 0 Å². The van der Waals surface area contributed by atoms with E-state index in [0.29, 0.717) is 11.5 Å². The maximum Gasteiger partial charge on any atom is 0.00155 e. The van der Waals surface area contributed by atoms with Crippen LogP contribution in [0, 0.1) is 11.3 Å². The van der Waals surface area contributed by atoms with Crippen molar-refractivity contribution in [1.29, 1.82) is 0 Å². The van der Waals surface area contributed by atoms with Gasteiger partial charge in [0.2, 0.25) is 0 Å². The Hall–Kier alpha value is -0.0400. The molecule has 0 amide bonds. The van der Waals surface area contributed by atoms with E-state index >= 15 is 0 Å². The summed E-state index contributed by atoms with van der Waals surface area (Å²) in [7, 11) is 0. The van der Waals surface area contributed by atoms with E-state index in [1.54, 1.807) is 0 Å². The first-order valence-corrected chi connectivity index (χ1v) is 5.09. The molecule has 74 valence electrons. The average molecular weight is 171 g/mol. The van der Waals surface area contributed by atoms with E-state index < -0.39 is 0 Å². The number of hydrogen-bond acceptors (Lipinski definition) is 1. The molecule has 0 aromatic heterocycles. The summed E-state index contributed by atoms with van der Waals surface area (Å²) in [6, 6.07) is 0.340. The second-order valence-corrected chi connectivity index (χ2v) is 5.28. The topological polar surface area (TPSA) is 26.0 Å². The first-order chi connectivity index (χ1) is 5.33. The van der Waals surface area contributed by atoms with Crippen LogP contribution < -0.4 is 5.73 Å². The third-order valence-corrected chi connectivity index (χ3v) is 2.27. The molecule has 0 bridgehead atoms. The van der Waals surface area contributed by atoms with Crippen molar-refractivity contribution in [3.8, 4) is 0 Å². The first kappa shape index (κ1) is 12.0. The predicted octanol–water partition coefficient (Wildman–Crippen LogP) is 3.19. The Morgan fingerprint density at radius 1 is 1.17 bits per heavy atom. The van der Waals surface area contributed by atoms with Gasteiger partial charge in [-0.15, -0.1) is 0 Å². The zero-order chi connectivity index (χ0) is 9.78. The molecule has 0 fully saturated rings. The fourth-order valence-corrected chi connectivity index (χ4v) is 1.65. The molecule has 0 aliphatic carbocycles. The number of hydrogen-bond donors (Lipinski definition) is 1. The SMILES string of the molecule is CC(C)CCC(C)(C)CC(C)N. The van der Waals surface area contributed by atoms with Crippen LogP contribution in [-0.2, 0) is 0 Å². The zero-order valence-corrected chi connectivity index (χ0v) is 9.35. The highest BCUT2D eigenvalue weighted by atomic mass is 14.6. The van der Waals surface area contributed by atoms with E-state index in [9.17, 15) is 0 Å². The Kier molecular flexibility index (Phi) is 4.84. The molecule has 1 heteroatoms. The predicted molar refractivity (Wildman–Crippen MR) is 56.1 cm³/mol. The van der Waals surface area contributed by atoms with Crippen LogP contribution >= 0.6 is 0 Å². The Bertz CT molecular complexity index is 114. The summed E-state index contributed by atoms with van der Waals surface area (Å²) in [5.41, 5.74) is 6.21. The summed E-state index contributed by atoms with van der Waals surface area (Å²) in [5.74, 6) is 0.817. The largest absolute Gasteiger partial charge is 0.328 e. The van der Waals surface area contributed by atoms with E-state index in [4.69, 9.17) is 5.73 Å². The third-order valence-electron chi connectivity index (χ3n) is 2.27. The molecule has 0 saturated carbocycles. The van der Waals surface area contributed by atoms with Crippen molar-refractivity contribution in [2.45, 2.75) is 59.9 Å². The van der Waals surface area contributed by atoms with Crippen LogP contribution in [0.5, 0.6) is 0 Å². The highest BCUT2D eigenvalue weighted by Gasteiger charge is 2.19. The normalized spacial score (nSPS) is 15.2. The molecule has 12 heavy (non-hydrogen) atoms. The Morgan fingerprint density at radius 3 is 2.00 bits per heavy atom. The Morgan fingerprint density at radius 2 is 1.67 bits per heavy atom. The van der Waals surface area contributed by atoms with Gasteiger partial charge >= 0.3 is 0 Å². The minimum atomic E-state index is 0.340. The van der Waals surface area contributed by atoms with Crippen LogP contribution in [0.4, 0.5) is 0 Å². The smallest absolute Gasteiger partial charge is 0.00155 e. The molecule has 0 aromatic rings. The molecule has 0 heterocycles. The van der Waals surface area contributed by atoms with Crippen molar-refractivity contribution < 1.29 is 0 Å². The quantitative estimate of drug-likeness (QED) is 0.675. The lowest BCUT2D eigenvalue weighted by molar-refractivity contribution is 0.265. The van der Waals surface area contributed by atoms with Crippen molar-refractivity contribution in [3.63, 3.8) is 0 Å². The van der Waals surface area contributed by atoms with Gasteiger partial charge in [-0.2, -0.15) is 0 Å². The lowest BCUT2D eigenvalue weighted by Crippen LogP contribution is -2.25. The van der Waals surface area contributed by atoms with Crippen LogP contribution in [0.15, 0.2) is 0 Å². The molecule has 0 aliphatic rings. The van der Waals surface area contributed by atoms with Crippen LogP contribution in [0.2, 0.25) is 0 Å². The lowest BCUT2D eigenvalue weighted by atomic mass is 9.80. The second kappa shape index (κ2) is 4.86. The number of rotatable bonds is 5. The fraction of sp³-hybridized carbons (Fsp3) is 1.00. The van der Waals surface area contributed by atoms with E-state index in [-0.39, 0.29) is 0 Å². The molecule has 0 saturated heterocycles. The van der Waals surface area contributed by atoms with Crippen molar-refractivity contribution in [1.82, 2.24) is 0 Å². The molecule has 0 spiro atoms. The van der Waals surface area contributed by atoms with Gasteiger partial charge in [0.05, 0.1) is 0 Å². The molecular weight excluding hydrogens is 146 g/mol. The molecule has 0 rings (SSSR count). The van der Waals surface area contributed by atoms with Crippen molar-refractivity contribution in [2.24, 2.45) is 17.1 Å². The van der Waals surface area contributed by atoms with Gasteiger partial charge in [0.15, 0.2) is 0 Å². The second-order valence-electron chi connectivity index (χ2n) is 5.28. The number of nitrogens with two attached hydrogens (primary N) is 1. The zero-order valence-electron chi connectivity index (χ0n) is 9.35. The maximum absolute atomic E-state index is 5.78. The summed E-state index contributed by atoms with van der Waals surface area (Å²) in [6.45, 7) is 11.3. The van der Waals surface area contributed by atoms with E-state index in [2.05, 4.69) is 34.6 Å².